The summed E-state index contributed by atoms with van der Waals surface area (Å²) in [4.78, 5) is 2.29. The molecule has 2 aromatic carbocycles. The third-order valence-electron chi connectivity index (χ3n) is 4.64. The predicted molar refractivity (Wildman–Crippen MR) is 96.1 cm³/mol. The number of phenolic OH excluding ortho intramolecular Hbond substituents is 1. The molecule has 0 radical (unpaired) electrons. The van der Waals surface area contributed by atoms with Crippen molar-refractivity contribution in [2.24, 2.45) is 0 Å². The summed E-state index contributed by atoms with van der Waals surface area (Å²) in [5, 5.41) is 13.6. The van der Waals surface area contributed by atoms with Crippen molar-refractivity contribution in [2.45, 2.75) is 31.7 Å². The molecule has 1 aliphatic rings. The standard InChI is InChI=1S/C20H26N2O/c23-20-11-5-4-10-19(20)22-15-12-18(13-16-22)21-14-6-9-17-7-2-1-3-8-17/h1-5,7-8,10-11,18,21,23H,6,9,12-16H2. The number of piperidine rings is 1. The highest BCUT2D eigenvalue weighted by atomic mass is 16.3. The predicted octanol–water partition coefficient (Wildman–Crippen LogP) is 3.58. The summed E-state index contributed by atoms with van der Waals surface area (Å²) in [6.07, 6.45) is 4.60. The molecule has 0 amide bonds. The SMILES string of the molecule is Oc1ccccc1N1CCC(NCCCc2ccccc2)CC1. The Hall–Kier alpha value is -2.00. The smallest absolute Gasteiger partial charge is 0.138 e. The summed E-state index contributed by atoms with van der Waals surface area (Å²) in [7, 11) is 0. The number of rotatable bonds is 6. The summed E-state index contributed by atoms with van der Waals surface area (Å²) in [6, 6.07) is 18.9. The van der Waals surface area contributed by atoms with Crippen molar-refractivity contribution < 1.29 is 5.11 Å². The van der Waals surface area contributed by atoms with Gasteiger partial charge in [0.05, 0.1) is 5.69 Å². The Bertz CT molecular complexity index is 592. The van der Waals surface area contributed by atoms with Gasteiger partial charge in [0.1, 0.15) is 5.75 Å². The molecule has 1 heterocycles. The molecule has 122 valence electrons. The maximum atomic E-state index is 9.95. The molecule has 0 bridgehead atoms. The summed E-state index contributed by atoms with van der Waals surface area (Å²) < 4.78 is 0. The van der Waals surface area contributed by atoms with Crippen LogP contribution in [0.15, 0.2) is 54.6 Å². The van der Waals surface area contributed by atoms with Crippen LogP contribution in [0.3, 0.4) is 0 Å². The van der Waals surface area contributed by atoms with Crippen LogP contribution < -0.4 is 10.2 Å². The van der Waals surface area contributed by atoms with Crippen LogP contribution in [-0.2, 0) is 6.42 Å². The highest BCUT2D eigenvalue weighted by molar-refractivity contribution is 5.57. The minimum Gasteiger partial charge on any atom is -0.506 e. The lowest BCUT2D eigenvalue weighted by Gasteiger charge is -2.34. The maximum absolute atomic E-state index is 9.95. The Kier molecular flexibility index (Phi) is 5.54. The highest BCUT2D eigenvalue weighted by Gasteiger charge is 2.20. The van der Waals surface area contributed by atoms with Crippen LogP contribution in [0.2, 0.25) is 0 Å². The van der Waals surface area contributed by atoms with Crippen LogP contribution in [0.25, 0.3) is 0 Å². The van der Waals surface area contributed by atoms with Crippen LogP contribution in [0.4, 0.5) is 5.69 Å². The summed E-state index contributed by atoms with van der Waals surface area (Å²) in [6.45, 7) is 3.10. The Morgan fingerprint density at radius 2 is 1.65 bits per heavy atom. The first-order valence-corrected chi connectivity index (χ1v) is 8.63. The van der Waals surface area contributed by atoms with Crippen LogP contribution in [0.5, 0.6) is 5.75 Å². The van der Waals surface area contributed by atoms with Crippen molar-refractivity contribution in [3.05, 3.63) is 60.2 Å². The third kappa shape index (κ3) is 4.49. The van der Waals surface area contributed by atoms with Gasteiger partial charge in [-0.1, -0.05) is 42.5 Å². The second kappa shape index (κ2) is 8.02. The average molecular weight is 310 g/mol. The fourth-order valence-corrected chi connectivity index (χ4v) is 3.30. The molecular formula is C20H26N2O. The van der Waals surface area contributed by atoms with Crippen molar-refractivity contribution in [3.63, 3.8) is 0 Å². The van der Waals surface area contributed by atoms with Gasteiger partial charge in [0.2, 0.25) is 0 Å². The molecule has 0 atom stereocenters. The molecule has 1 saturated heterocycles. The minimum atomic E-state index is 0.391. The largest absolute Gasteiger partial charge is 0.506 e. The number of hydrogen-bond donors (Lipinski definition) is 2. The van der Waals surface area contributed by atoms with E-state index in [-0.39, 0.29) is 0 Å². The lowest BCUT2D eigenvalue weighted by Crippen LogP contribution is -2.42. The number of nitrogens with zero attached hydrogens (tertiary/aromatic N) is 1. The summed E-state index contributed by atoms with van der Waals surface area (Å²) >= 11 is 0. The Labute approximate surface area is 139 Å². The van der Waals surface area contributed by atoms with Crippen LogP contribution in [0, 0.1) is 0 Å². The first-order chi connectivity index (χ1) is 11.3. The van der Waals surface area contributed by atoms with Gasteiger partial charge in [-0.2, -0.15) is 0 Å². The average Bonchev–Trinajstić information content (AvgIpc) is 2.61. The molecule has 0 spiro atoms. The first-order valence-electron chi connectivity index (χ1n) is 8.63. The zero-order valence-electron chi connectivity index (χ0n) is 13.6. The molecule has 0 saturated carbocycles. The van der Waals surface area contributed by atoms with E-state index in [1.807, 2.05) is 18.2 Å². The van der Waals surface area contributed by atoms with E-state index < -0.39 is 0 Å². The van der Waals surface area contributed by atoms with Crippen molar-refractivity contribution in [2.75, 3.05) is 24.5 Å². The van der Waals surface area contributed by atoms with E-state index >= 15 is 0 Å². The summed E-state index contributed by atoms with van der Waals surface area (Å²) in [5.41, 5.74) is 2.39. The molecule has 0 aromatic heterocycles. The second-order valence-corrected chi connectivity index (χ2v) is 6.29. The zero-order chi connectivity index (χ0) is 15.9. The van der Waals surface area contributed by atoms with Gasteiger partial charge < -0.3 is 15.3 Å². The quantitative estimate of drug-likeness (QED) is 0.801. The van der Waals surface area contributed by atoms with Crippen molar-refractivity contribution >= 4 is 5.69 Å². The maximum Gasteiger partial charge on any atom is 0.138 e. The molecule has 3 heteroatoms. The van der Waals surface area contributed by atoms with E-state index in [9.17, 15) is 5.11 Å². The molecule has 3 rings (SSSR count). The zero-order valence-corrected chi connectivity index (χ0v) is 13.6. The molecule has 23 heavy (non-hydrogen) atoms. The fraction of sp³-hybridized carbons (Fsp3) is 0.400. The molecule has 1 aliphatic heterocycles. The number of benzene rings is 2. The molecule has 1 fully saturated rings. The van der Waals surface area contributed by atoms with Gasteiger partial charge in [0.25, 0.3) is 0 Å². The van der Waals surface area contributed by atoms with Gasteiger partial charge in [0.15, 0.2) is 0 Å². The van der Waals surface area contributed by atoms with Gasteiger partial charge in [-0.3, -0.25) is 0 Å². The Balaban J connectivity index is 1.37. The lowest BCUT2D eigenvalue weighted by molar-refractivity contribution is 0.408. The van der Waals surface area contributed by atoms with Gasteiger partial charge in [-0.05, 0) is 49.9 Å². The number of aromatic hydroxyl groups is 1. The lowest BCUT2D eigenvalue weighted by atomic mass is 10.0. The van der Waals surface area contributed by atoms with Gasteiger partial charge >= 0.3 is 0 Å². The van der Waals surface area contributed by atoms with E-state index in [0.717, 1.165) is 44.6 Å². The van der Waals surface area contributed by atoms with Gasteiger partial charge in [-0.25, -0.2) is 0 Å². The van der Waals surface area contributed by atoms with Crippen molar-refractivity contribution in [1.29, 1.82) is 0 Å². The summed E-state index contributed by atoms with van der Waals surface area (Å²) in [5.74, 6) is 0.391. The van der Waals surface area contributed by atoms with E-state index in [0.29, 0.717) is 11.8 Å². The van der Waals surface area contributed by atoms with E-state index in [1.165, 1.54) is 12.0 Å². The Morgan fingerprint density at radius 3 is 2.39 bits per heavy atom. The second-order valence-electron chi connectivity index (χ2n) is 6.29. The topological polar surface area (TPSA) is 35.5 Å². The van der Waals surface area contributed by atoms with Crippen molar-refractivity contribution in [1.82, 2.24) is 5.32 Å². The number of anilines is 1. The molecular weight excluding hydrogens is 284 g/mol. The number of aryl methyl sites for hydroxylation is 1. The van der Waals surface area contributed by atoms with Gasteiger partial charge in [0, 0.05) is 19.1 Å². The molecule has 3 nitrogen and oxygen atoms in total. The normalized spacial score (nSPS) is 15.7. The number of phenols is 1. The number of nitrogens with one attached hydrogen (secondary N) is 1. The highest BCUT2D eigenvalue weighted by Crippen LogP contribution is 2.28. The minimum absolute atomic E-state index is 0.391. The number of hydrogen-bond acceptors (Lipinski definition) is 3. The fourth-order valence-electron chi connectivity index (χ4n) is 3.30. The van der Waals surface area contributed by atoms with E-state index in [1.54, 1.807) is 6.07 Å². The molecule has 2 N–H and O–H groups in total. The van der Waals surface area contributed by atoms with Crippen LogP contribution in [-0.4, -0.2) is 30.8 Å². The Morgan fingerprint density at radius 1 is 0.957 bits per heavy atom. The third-order valence-corrected chi connectivity index (χ3v) is 4.64. The van der Waals surface area contributed by atoms with E-state index in [2.05, 4.69) is 40.5 Å². The molecule has 2 aromatic rings. The first kappa shape index (κ1) is 15.9. The van der Waals surface area contributed by atoms with Crippen LogP contribution >= 0.6 is 0 Å². The molecule has 0 unspecified atom stereocenters. The van der Waals surface area contributed by atoms with Crippen LogP contribution in [0.1, 0.15) is 24.8 Å². The monoisotopic (exact) mass is 310 g/mol. The number of para-hydroxylation sites is 2. The van der Waals surface area contributed by atoms with E-state index in [4.69, 9.17) is 0 Å². The van der Waals surface area contributed by atoms with Gasteiger partial charge in [-0.15, -0.1) is 0 Å². The van der Waals surface area contributed by atoms with Crippen molar-refractivity contribution in [3.8, 4) is 5.75 Å². The molecule has 0 aliphatic carbocycles.